The molecule has 0 amide bonds. The number of rotatable bonds is 3. The van der Waals surface area contributed by atoms with Crippen molar-refractivity contribution in [2.24, 2.45) is 0 Å². The van der Waals surface area contributed by atoms with Crippen LogP contribution in [0.1, 0.15) is 41.9 Å². The van der Waals surface area contributed by atoms with E-state index in [4.69, 9.17) is 5.11 Å². The lowest BCUT2D eigenvalue weighted by Crippen LogP contribution is -2.33. The highest BCUT2D eigenvalue weighted by atomic mass is 16.4. The normalized spacial score (nSPS) is 17.6. The molecule has 0 aromatic carbocycles. The Morgan fingerprint density at radius 2 is 2.10 bits per heavy atom. The second-order valence-corrected chi connectivity index (χ2v) is 5.22. The van der Waals surface area contributed by atoms with Gasteiger partial charge < -0.3 is 10.0 Å². The van der Waals surface area contributed by atoms with E-state index in [1.54, 1.807) is 18.3 Å². The van der Waals surface area contributed by atoms with E-state index in [9.17, 15) is 4.79 Å². The molecule has 3 heterocycles. The summed E-state index contributed by atoms with van der Waals surface area (Å²) in [6.07, 6.45) is 3.72. The third-order valence-corrected chi connectivity index (χ3v) is 4.08. The summed E-state index contributed by atoms with van der Waals surface area (Å²) < 4.78 is 1.83. The highest BCUT2D eigenvalue weighted by Gasteiger charge is 2.24. The molecule has 0 saturated carbocycles. The molecule has 0 bridgehead atoms. The highest BCUT2D eigenvalue weighted by Crippen LogP contribution is 2.27. The van der Waals surface area contributed by atoms with Crippen LogP contribution in [0.3, 0.4) is 0 Å². The molecular formula is C14H18N4O2. The molecule has 2 aromatic heterocycles. The molecule has 0 atom stereocenters. The molecule has 1 aliphatic rings. The fourth-order valence-electron chi connectivity index (χ4n) is 2.82. The van der Waals surface area contributed by atoms with Gasteiger partial charge in [-0.3, -0.25) is 4.40 Å². The number of hydrogen-bond donors (Lipinski definition) is 1. The van der Waals surface area contributed by atoms with Gasteiger partial charge in [-0.25, -0.2) is 4.79 Å². The van der Waals surface area contributed by atoms with Crippen LogP contribution in [0.25, 0.3) is 5.65 Å². The molecule has 20 heavy (non-hydrogen) atoms. The molecule has 106 valence electrons. The number of carboxylic acid groups (broad SMARTS) is 1. The van der Waals surface area contributed by atoms with Gasteiger partial charge in [0.25, 0.3) is 0 Å². The minimum Gasteiger partial charge on any atom is -0.478 e. The number of fused-ring (bicyclic) bond motifs is 1. The molecule has 3 rings (SSSR count). The number of piperidine rings is 1. The number of hydrogen-bond acceptors (Lipinski definition) is 4. The Labute approximate surface area is 117 Å². The number of aromatic nitrogens is 3. The van der Waals surface area contributed by atoms with Crippen LogP contribution in [0, 0.1) is 0 Å². The van der Waals surface area contributed by atoms with Gasteiger partial charge in [-0.2, -0.15) is 0 Å². The first-order chi connectivity index (χ1) is 9.69. The third kappa shape index (κ3) is 2.27. The summed E-state index contributed by atoms with van der Waals surface area (Å²) >= 11 is 0. The Bertz CT molecular complexity index is 629. The first-order valence-electron chi connectivity index (χ1n) is 6.99. The lowest BCUT2D eigenvalue weighted by molar-refractivity contribution is 0.0696. The van der Waals surface area contributed by atoms with E-state index in [0.29, 0.717) is 11.6 Å². The van der Waals surface area contributed by atoms with Crippen molar-refractivity contribution in [1.82, 2.24) is 19.5 Å². The predicted molar refractivity (Wildman–Crippen MR) is 74.0 cm³/mol. The van der Waals surface area contributed by atoms with Gasteiger partial charge in [-0.15, -0.1) is 10.2 Å². The lowest BCUT2D eigenvalue weighted by atomic mass is 9.96. The van der Waals surface area contributed by atoms with E-state index in [2.05, 4.69) is 22.0 Å². The monoisotopic (exact) mass is 274 g/mol. The van der Waals surface area contributed by atoms with Crippen LogP contribution in [-0.4, -0.2) is 50.2 Å². The summed E-state index contributed by atoms with van der Waals surface area (Å²) in [5.41, 5.74) is 0.979. The van der Waals surface area contributed by atoms with Crippen LogP contribution < -0.4 is 0 Å². The zero-order valence-corrected chi connectivity index (χ0v) is 11.5. The molecule has 1 fully saturated rings. The lowest BCUT2D eigenvalue weighted by Gasteiger charge is -2.30. The quantitative estimate of drug-likeness (QED) is 0.921. The van der Waals surface area contributed by atoms with Crippen molar-refractivity contribution in [3.8, 4) is 0 Å². The topological polar surface area (TPSA) is 70.7 Å². The average Bonchev–Trinajstić information content (AvgIpc) is 2.90. The van der Waals surface area contributed by atoms with Crippen LogP contribution in [0.2, 0.25) is 0 Å². The van der Waals surface area contributed by atoms with Crippen LogP contribution in [0.4, 0.5) is 0 Å². The van der Waals surface area contributed by atoms with Crippen LogP contribution in [0.5, 0.6) is 0 Å². The Hall–Kier alpha value is -1.95. The molecule has 6 nitrogen and oxygen atoms in total. The second kappa shape index (κ2) is 5.20. The van der Waals surface area contributed by atoms with E-state index >= 15 is 0 Å². The minimum absolute atomic E-state index is 0.268. The van der Waals surface area contributed by atoms with Crippen LogP contribution in [-0.2, 0) is 0 Å². The van der Waals surface area contributed by atoms with Gasteiger partial charge in [0.2, 0.25) is 0 Å². The van der Waals surface area contributed by atoms with E-state index in [0.717, 1.165) is 38.3 Å². The summed E-state index contributed by atoms with van der Waals surface area (Å²) in [6.45, 7) is 5.38. The Balaban J connectivity index is 1.91. The molecule has 0 radical (unpaired) electrons. The average molecular weight is 274 g/mol. The highest BCUT2D eigenvalue weighted by molar-refractivity contribution is 5.87. The van der Waals surface area contributed by atoms with Crippen LogP contribution >= 0.6 is 0 Å². The van der Waals surface area contributed by atoms with E-state index in [-0.39, 0.29) is 5.56 Å². The fraction of sp³-hybridized carbons (Fsp3) is 0.500. The summed E-state index contributed by atoms with van der Waals surface area (Å²) in [4.78, 5) is 13.5. The Kier molecular flexibility index (Phi) is 3.40. The van der Waals surface area contributed by atoms with Gasteiger partial charge in [0.1, 0.15) is 5.82 Å². The van der Waals surface area contributed by atoms with Crippen molar-refractivity contribution >= 4 is 11.6 Å². The molecule has 0 unspecified atom stereocenters. The fourth-order valence-corrected chi connectivity index (χ4v) is 2.82. The zero-order chi connectivity index (χ0) is 14.1. The van der Waals surface area contributed by atoms with Gasteiger partial charge in [-0.1, -0.05) is 6.92 Å². The maximum atomic E-state index is 11.1. The smallest absolute Gasteiger partial charge is 0.337 e. The first-order valence-corrected chi connectivity index (χ1v) is 6.99. The van der Waals surface area contributed by atoms with Gasteiger partial charge in [-0.05, 0) is 44.6 Å². The summed E-state index contributed by atoms with van der Waals surface area (Å²) in [7, 11) is 0. The van der Waals surface area contributed by atoms with E-state index in [1.165, 1.54) is 0 Å². The SMILES string of the molecule is CCN1CCC(c2nnc3ccc(C(=O)O)cn23)CC1. The van der Waals surface area contributed by atoms with Crippen molar-refractivity contribution in [1.29, 1.82) is 0 Å². The summed E-state index contributed by atoms with van der Waals surface area (Å²) in [5, 5.41) is 17.5. The maximum absolute atomic E-state index is 11.1. The minimum atomic E-state index is -0.924. The largest absolute Gasteiger partial charge is 0.478 e. The zero-order valence-electron chi connectivity index (χ0n) is 11.5. The predicted octanol–water partition coefficient (Wildman–Crippen LogP) is 1.63. The number of aromatic carboxylic acids is 1. The molecule has 6 heteroatoms. The standard InChI is InChI=1S/C14H18N4O2/c1-2-17-7-5-10(6-8-17)13-16-15-12-4-3-11(14(19)20)9-18(12)13/h3-4,9-10H,2,5-8H2,1H3,(H,19,20). The maximum Gasteiger partial charge on any atom is 0.337 e. The molecule has 1 aliphatic heterocycles. The van der Waals surface area contributed by atoms with Gasteiger partial charge >= 0.3 is 5.97 Å². The van der Waals surface area contributed by atoms with E-state index < -0.39 is 5.97 Å². The molecule has 1 saturated heterocycles. The number of carbonyl (C=O) groups is 1. The van der Waals surface area contributed by atoms with Crippen molar-refractivity contribution in [2.75, 3.05) is 19.6 Å². The van der Waals surface area contributed by atoms with Crippen molar-refractivity contribution < 1.29 is 9.90 Å². The van der Waals surface area contributed by atoms with Gasteiger partial charge in [0, 0.05) is 12.1 Å². The Morgan fingerprint density at radius 1 is 1.35 bits per heavy atom. The van der Waals surface area contributed by atoms with Crippen molar-refractivity contribution in [2.45, 2.75) is 25.7 Å². The van der Waals surface area contributed by atoms with E-state index in [1.807, 2.05) is 4.40 Å². The molecule has 2 aromatic rings. The van der Waals surface area contributed by atoms with Crippen molar-refractivity contribution in [3.63, 3.8) is 0 Å². The summed E-state index contributed by atoms with van der Waals surface area (Å²) in [5.74, 6) is 0.322. The number of likely N-dealkylation sites (tertiary alicyclic amines) is 1. The number of carboxylic acids is 1. The van der Waals surface area contributed by atoms with Gasteiger partial charge in [0.15, 0.2) is 5.65 Å². The molecule has 0 spiro atoms. The number of pyridine rings is 1. The second-order valence-electron chi connectivity index (χ2n) is 5.22. The number of nitrogens with zero attached hydrogens (tertiary/aromatic N) is 4. The molecule has 0 aliphatic carbocycles. The third-order valence-electron chi connectivity index (χ3n) is 4.08. The van der Waals surface area contributed by atoms with Gasteiger partial charge in [0.05, 0.1) is 5.56 Å². The van der Waals surface area contributed by atoms with Crippen LogP contribution in [0.15, 0.2) is 18.3 Å². The van der Waals surface area contributed by atoms with Crippen molar-refractivity contribution in [3.05, 3.63) is 29.7 Å². The summed E-state index contributed by atoms with van der Waals surface area (Å²) in [6, 6.07) is 3.27. The molecule has 1 N–H and O–H groups in total. The Morgan fingerprint density at radius 3 is 2.75 bits per heavy atom. The molecular weight excluding hydrogens is 256 g/mol. The first kappa shape index (κ1) is 13.1.